The van der Waals surface area contributed by atoms with Gasteiger partial charge in [-0.3, -0.25) is 9.48 Å². The second kappa shape index (κ2) is 6.75. The molecule has 2 N–H and O–H groups in total. The highest BCUT2D eigenvalue weighted by molar-refractivity contribution is 7.17. The maximum absolute atomic E-state index is 13.6. The van der Waals surface area contributed by atoms with E-state index in [9.17, 15) is 9.18 Å². The second-order valence-corrected chi connectivity index (χ2v) is 7.58. The number of hydrogen-bond donors (Lipinski definition) is 1. The van der Waals surface area contributed by atoms with E-state index >= 15 is 0 Å². The van der Waals surface area contributed by atoms with Crippen molar-refractivity contribution in [1.29, 1.82) is 0 Å². The van der Waals surface area contributed by atoms with Crippen LogP contribution in [-0.4, -0.2) is 20.7 Å². The highest BCUT2D eigenvalue weighted by Gasteiger charge is 2.16. The Balaban J connectivity index is 1.76. The van der Waals surface area contributed by atoms with Crippen molar-refractivity contribution in [1.82, 2.24) is 14.8 Å². The number of carbonyl (C=O) groups is 1. The molecule has 1 amide bonds. The minimum absolute atomic E-state index is 0.347. The van der Waals surface area contributed by atoms with Gasteiger partial charge in [0.25, 0.3) is 5.91 Å². The molecule has 0 aliphatic carbocycles. The Morgan fingerprint density at radius 1 is 1.33 bits per heavy atom. The van der Waals surface area contributed by atoms with Crippen LogP contribution in [0.25, 0.3) is 21.5 Å². The lowest BCUT2D eigenvalue weighted by molar-refractivity contribution is 0.100. The van der Waals surface area contributed by atoms with Crippen LogP contribution in [0, 0.1) is 12.7 Å². The largest absolute Gasteiger partial charge is 0.365 e. The first-order valence-corrected chi connectivity index (χ1v) is 9.29. The predicted octanol–water partition coefficient (Wildman–Crippen LogP) is 4.41. The zero-order valence-corrected chi connectivity index (χ0v) is 15.8. The van der Waals surface area contributed by atoms with Crippen LogP contribution in [-0.2, 0) is 6.54 Å². The number of primary amides is 1. The molecule has 8 heteroatoms. The molecule has 5 nitrogen and oxygen atoms in total. The second-order valence-electron chi connectivity index (χ2n) is 6.14. The van der Waals surface area contributed by atoms with Crippen LogP contribution in [0.1, 0.15) is 20.9 Å². The van der Waals surface area contributed by atoms with E-state index in [0.29, 0.717) is 27.1 Å². The van der Waals surface area contributed by atoms with Gasteiger partial charge in [0.05, 0.1) is 17.8 Å². The fourth-order valence-corrected chi connectivity index (χ4v) is 4.19. The van der Waals surface area contributed by atoms with Crippen LogP contribution in [0.15, 0.2) is 42.6 Å². The summed E-state index contributed by atoms with van der Waals surface area (Å²) in [7, 11) is 0. The van der Waals surface area contributed by atoms with Crippen LogP contribution in [0.4, 0.5) is 4.39 Å². The van der Waals surface area contributed by atoms with Gasteiger partial charge < -0.3 is 5.73 Å². The van der Waals surface area contributed by atoms with Gasteiger partial charge in [-0.2, -0.15) is 5.10 Å². The number of halogens is 2. The molecule has 27 heavy (non-hydrogen) atoms. The highest BCUT2D eigenvalue weighted by Crippen LogP contribution is 2.33. The highest BCUT2D eigenvalue weighted by atomic mass is 35.5. The zero-order valence-electron chi connectivity index (χ0n) is 14.2. The molecule has 2 aromatic heterocycles. The van der Waals surface area contributed by atoms with Crippen LogP contribution < -0.4 is 5.73 Å². The molecule has 0 aliphatic rings. The Labute approximate surface area is 163 Å². The molecule has 4 rings (SSSR count). The van der Waals surface area contributed by atoms with Crippen molar-refractivity contribution in [2.24, 2.45) is 5.73 Å². The summed E-state index contributed by atoms with van der Waals surface area (Å²) in [6.07, 6.45) is 1.88. The smallest absolute Gasteiger partial charge is 0.260 e. The van der Waals surface area contributed by atoms with Gasteiger partial charge in [0, 0.05) is 22.2 Å². The van der Waals surface area contributed by atoms with Crippen molar-refractivity contribution in [3.63, 3.8) is 0 Å². The quantitative estimate of drug-likeness (QED) is 0.551. The Kier molecular flexibility index (Phi) is 4.41. The number of nitrogens with zero attached hydrogens (tertiary/aromatic N) is 3. The van der Waals surface area contributed by atoms with E-state index in [1.807, 2.05) is 24.4 Å². The number of hydrogen-bond acceptors (Lipinski definition) is 4. The van der Waals surface area contributed by atoms with Crippen molar-refractivity contribution in [2.45, 2.75) is 13.5 Å². The Bertz CT molecular complexity index is 1160. The lowest BCUT2D eigenvalue weighted by Gasteiger charge is -2.02. The number of carbonyl (C=O) groups excluding carboxylic acids is 1. The first-order chi connectivity index (χ1) is 12.9. The molecular formula is C19H14ClFN4OS. The SMILES string of the molecule is Cc1nc(-c2cccc3nn(Cc4cc(F)cc(Cl)c4)cc23)sc1C(N)=O. The van der Waals surface area contributed by atoms with Gasteiger partial charge in [-0.05, 0) is 36.8 Å². The van der Waals surface area contributed by atoms with Gasteiger partial charge in [0.1, 0.15) is 15.7 Å². The third kappa shape index (κ3) is 3.43. The summed E-state index contributed by atoms with van der Waals surface area (Å²) in [6.45, 7) is 2.15. The van der Waals surface area contributed by atoms with Gasteiger partial charge in [0.15, 0.2) is 0 Å². The zero-order chi connectivity index (χ0) is 19.1. The van der Waals surface area contributed by atoms with Crippen molar-refractivity contribution < 1.29 is 9.18 Å². The van der Waals surface area contributed by atoms with Crippen molar-refractivity contribution in [3.05, 3.63) is 69.6 Å². The number of fused-ring (bicyclic) bond motifs is 1. The van der Waals surface area contributed by atoms with Gasteiger partial charge in [-0.15, -0.1) is 11.3 Å². The third-order valence-corrected chi connectivity index (χ3v) is 5.54. The lowest BCUT2D eigenvalue weighted by atomic mass is 10.1. The summed E-state index contributed by atoms with van der Waals surface area (Å²) in [6, 6.07) is 10.1. The molecule has 0 spiro atoms. The normalized spacial score (nSPS) is 11.2. The number of nitrogens with two attached hydrogens (primary N) is 1. The Morgan fingerprint density at radius 2 is 2.15 bits per heavy atom. The van der Waals surface area contributed by atoms with E-state index in [1.54, 1.807) is 17.7 Å². The molecule has 2 heterocycles. The van der Waals surface area contributed by atoms with Gasteiger partial charge in [-0.1, -0.05) is 23.7 Å². The molecule has 0 fully saturated rings. The average Bonchev–Trinajstić information content (AvgIpc) is 3.16. The molecular weight excluding hydrogens is 387 g/mol. The maximum atomic E-state index is 13.6. The summed E-state index contributed by atoms with van der Waals surface area (Å²) in [5.74, 6) is -0.866. The standard InChI is InChI=1S/C19H14ClFN4OS/c1-10-17(18(22)26)27-19(23-10)14-3-2-4-16-15(14)9-25(24-16)8-11-5-12(20)7-13(21)6-11/h2-7,9H,8H2,1H3,(H2,22,26). The van der Waals surface area contributed by atoms with Crippen LogP contribution >= 0.6 is 22.9 Å². The molecule has 0 atom stereocenters. The number of rotatable bonds is 4. The average molecular weight is 401 g/mol. The number of benzene rings is 2. The van der Waals surface area contributed by atoms with Crippen LogP contribution in [0.3, 0.4) is 0 Å². The van der Waals surface area contributed by atoms with E-state index in [1.165, 1.54) is 23.5 Å². The van der Waals surface area contributed by atoms with E-state index in [0.717, 1.165) is 22.0 Å². The third-order valence-electron chi connectivity index (χ3n) is 4.12. The van der Waals surface area contributed by atoms with E-state index in [-0.39, 0.29) is 5.82 Å². The maximum Gasteiger partial charge on any atom is 0.260 e. The first-order valence-electron chi connectivity index (χ1n) is 8.09. The molecule has 136 valence electrons. The fourth-order valence-electron chi connectivity index (χ4n) is 2.99. The molecule has 0 bridgehead atoms. The minimum atomic E-state index is -0.484. The lowest BCUT2D eigenvalue weighted by Crippen LogP contribution is -2.09. The molecule has 0 saturated carbocycles. The molecule has 2 aromatic carbocycles. The van der Waals surface area contributed by atoms with Gasteiger partial charge in [0.2, 0.25) is 0 Å². The van der Waals surface area contributed by atoms with Gasteiger partial charge in [-0.25, -0.2) is 9.37 Å². The predicted molar refractivity (Wildman–Crippen MR) is 105 cm³/mol. The number of thiazole rings is 1. The molecule has 0 unspecified atom stereocenters. The summed E-state index contributed by atoms with van der Waals surface area (Å²) in [5.41, 5.74) is 8.39. The fraction of sp³-hybridized carbons (Fsp3) is 0.105. The number of amides is 1. The summed E-state index contributed by atoms with van der Waals surface area (Å²) >= 11 is 7.19. The topological polar surface area (TPSA) is 73.8 Å². The van der Waals surface area contributed by atoms with Crippen molar-refractivity contribution in [2.75, 3.05) is 0 Å². The Hall–Kier alpha value is -2.77. The number of aromatic nitrogens is 3. The van der Waals surface area contributed by atoms with Crippen molar-refractivity contribution in [3.8, 4) is 10.6 Å². The molecule has 0 radical (unpaired) electrons. The summed E-state index contributed by atoms with van der Waals surface area (Å²) in [5, 5.41) is 6.50. The van der Waals surface area contributed by atoms with Gasteiger partial charge >= 0.3 is 0 Å². The Morgan fingerprint density at radius 3 is 2.85 bits per heavy atom. The van der Waals surface area contributed by atoms with Crippen LogP contribution in [0.5, 0.6) is 0 Å². The number of aryl methyl sites for hydroxylation is 1. The molecule has 4 aromatic rings. The molecule has 0 aliphatic heterocycles. The van der Waals surface area contributed by atoms with E-state index < -0.39 is 5.91 Å². The van der Waals surface area contributed by atoms with E-state index in [2.05, 4.69) is 10.1 Å². The summed E-state index contributed by atoms with van der Waals surface area (Å²) < 4.78 is 15.3. The summed E-state index contributed by atoms with van der Waals surface area (Å²) in [4.78, 5) is 16.5. The first kappa shape index (κ1) is 17.6. The molecule has 0 saturated heterocycles. The monoisotopic (exact) mass is 400 g/mol. The van der Waals surface area contributed by atoms with E-state index in [4.69, 9.17) is 17.3 Å². The minimum Gasteiger partial charge on any atom is -0.365 e. The van der Waals surface area contributed by atoms with Crippen molar-refractivity contribution >= 4 is 39.7 Å². The van der Waals surface area contributed by atoms with Crippen LogP contribution in [0.2, 0.25) is 5.02 Å².